The van der Waals surface area contributed by atoms with Crippen molar-refractivity contribution < 1.29 is 9.15 Å². The SMILES string of the molecule is COc1ccc(C(C)Cc2n[nH]c(=S)o2)c(C)c1C. The van der Waals surface area contributed by atoms with Crippen LogP contribution in [0.1, 0.15) is 35.4 Å². The predicted molar refractivity (Wildman–Crippen MR) is 76.3 cm³/mol. The van der Waals surface area contributed by atoms with Gasteiger partial charge in [-0.05, 0) is 54.7 Å². The summed E-state index contributed by atoms with van der Waals surface area (Å²) in [6.45, 7) is 6.34. The number of nitrogens with zero attached hydrogens (tertiary/aromatic N) is 1. The molecule has 1 heterocycles. The third-order valence-corrected chi connectivity index (χ3v) is 3.67. The van der Waals surface area contributed by atoms with Gasteiger partial charge in [-0.15, -0.1) is 5.10 Å². The molecule has 1 aromatic heterocycles. The van der Waals surface area contributed by atoms with Gasteiger partial charge in [0.05, 0.1) is 7.11 Å². The zero-order valence-electron chi connectivity index (χ0n) is 11.6. The zero-order valence-corrected chi connectivity index (χ0v) is 12.4. The fraction of sp³-hybridized carbons (Fsp3) is 0.429. The largest absolute Gasteiger partial charge is 0.496 e. The Morgan fingerprint density at radius 1 is 1.37 bits per heavy atom. The molecular weight excluding hydrogens is 260 g/mol. The topological polar surface area (TPSA) is 51.0 Å². The van der Waals surface area contributed by atoms with E-state index in [9.17, 15) is 0 Å². The molecule has 2 aromatic rings. The molecule has 1 aromatic carbocycles. The lowest BCUT2D eigenvalue weighted by atomic mass is 9.91. The van der Waals surface area contributed by atoms with Gasteiger partial charge in [0.25, 0.3) is 4.84 Å². The molecule has 0 amide bonds. The van der Waals surface area contributed by atoms with Gasteiger partial charge >= 0.3 is 0 Å². The van der Waals surface area contributed by atoms with Crippen LogP contribution in [0, 0.1) is 18.7 Å². The molecule has 1 unspecified atom stereocenters. The molecule has 0 saturated carbocycles. The number of rotatable bonds is 4. The summed E-state index contributed by atoms with van der Waals surface area (Å²) < 4.78 is 10.6. The van der Waals surface area contributed by atoms with Crippen molar-refractivity contribution in [3.63, 3.8) is 0 Å². The second-order valence-corrected chi connectivity index (χ2v) is 5.09. The highest BCUT2D eigenvalue weighted by molar-refractivity contribution is 7.71. The van der Waals surface area contributed by atoms with Crippen LogP contribution in [0.4, 0.5) is 0 Å². The summed E-state index contributed by atoms with van der Waals surface area (Å²) in [7, 11) is 1.69. The van der Waals surface area contributed by atoms with Crippen LogP contribution in [-0.2, 0) is 6.42 Å². The van der Waals surface area contributed by atoms with Crippen molar-refractivity contribution in [2.45, 2.75) is 33.1 Å². The molecule has 4 nitrogen and oxygen atoms in total. The first-order chi connectivity index (χ1) is 9.02. The summed E-state index contributed by atoms with van der Waals surface area (Å²) >= 11 is 4.88. The highest BCUT2D eigenvalue weighted by Gasteiger charge is 2.15. The Morgan fingerprint density at radius 2 is 2.11 bits per heavy atom. The molecule has 0 aliphatic heterocycles. The fourth-order valence-electron chi connectivity index (χ4n) is 2.29. The molecule has 102 valence electrons. The number of hydrogen-bond donors (Lipinski definition) is 1. The lowest BCUT2D eigenvalue weighted by Gasteiger charge is -2.16. The van der Waals surface area contributed by atoms with E-state index in [0.717, 1.165) is 12.2 Å². The molecule has 0 bridgehead atoms. The van der Waals surface area contributed by atoms with Crippen molar-refractivity contribution in [1.82, 2.24) is 10.2 Å². The Morgan fingerprint density at radius 3 is 2.68 bits per heavy atom. The molecule has 0 saturated heterocycles. The van der Waals surface area contributed by atoms with Gasteiger partial charge in [0, 0.05) is 6.42 Å². The van der Waals surface area contributed by atoms with Gasteiger partial charge in [0.1, 0.15) is 5.75 Å². The van der Waals surface area contributed by atoms with Crippen LogP contribution < -0.4 is 4.74 Å². The van der Waals surface area contributed by atoms with Crippen LogP contribution in [0.2, 0.25) is 0 Å². The molecule has 5 heteroatoms. The van der Waals surface area contributed by atoms with Crippen molar-refractivity contribution >= 4 is 12.2 Å². The van der Waals surface area contributed by atoms with Crippen molar-refractivity contribution in [3.05, 3.63) is 39.6 Å². The normalized spacial score (nSPS) is 12.4. The first kappa shape index (κ1) is 13.8. The number of aromatic amines is 1. The lowest BCUT2D eigenvalue weighted by Crippen LogP contribution is -2.03. The molecule has 0 spiro atoms. The van der Waals surface area contributed by atoms with Crippen LogP contribution in [0.3, 0.4) is 0 Å². The predicted octanol–water partition coefficient (Wildman–Crippen LogP) is 3.70. The lowest BCUT2D eigenvalue weighted by molar-refractivity contribution is 0.410. The van der Waals surface area contributed by atoms with Crippen LogP contribution in [0.25, 0.3) is 0 Å². The summed E-state index contributed by atoms with van der Waals surface area (Å²) in [5.74, 6) is 1.88. The standard InChI is InChI=1S/C14H18N2O2S/c1-8(7-13-15-16-14(19)18-13)11-5-6-12(17-4)10(3)9(11)2/h5-6,8H,7H2,1-4H3,(H,16,19). The van der Waals surface area contributed by atoms with Crippen LogP contribution in [-0.4, -0.2) is 17.3 Å². The van der Waals surface area contributed by atoms with E-state index in [1.54, 1.807) is 7.11 Å². The number of methoxy groups -OCH3 is 1. The van der Waals surface area contributed by atoms with E-state index >= 15 is 0 Å². The van der Waals surface area contributed by atoms with Gasteiger partial charge in [-0.25, -0.2) is 5.10 Å². The Bertz CT molecular complexity index is 631. The third-order valence-electron chi connectivity index (χ3n) is 3.49. The minimum atomic E-state index is 0.311. The average molecular weight is 278 g/mol. The highest BCUT2D eigenvalue weighted by Crippen LogP contribution is 2.30. The number of hydrogen-bond acceptors (Lipinski definition) is 4. The van der Waals surface area contributed by atoms with Gasteiger partial charge in [-0.3, -0.25) is 0 Å². The van der Waals surface area contributed by atoms with E-state index < -0.39 is 0 Å². The van der Waals surface area contributed by atoms with E-state index in [1.165, 1.54) is 16.7 Å². The molecule has 2 rings (SSSR count). The van der Waals surface area contributed by atoms with Gasteiger partial charge in [-0.2, -0.15) is 0 Å². The minimum Gasteiger partial charge on any atom is -0.496 e. The Balaban J connectivity index is 2.26. The number of benzene rings is 1. The van der Waals surface area contributed by atoms with Crippen molar-refractivity contribution in [3.8, 4) is 5.75 Å². The molecule has 1 atom stereocenters. The Hall–Kier alpha value is -1.62. The zero-order chi connectivity index (χ0) is 14.0. The monoisotopic (exact) mass is 278 g/mol. The quantitative estimate of drug-likeness (QED) is 0.866. The van der Waals surface area contributed by atoms with Crippen LogP contribution in [0.15, 0.2) is 16.5 Å². The summed E-state index contributed by atoms with van der Waals surface area (Å²) in [5.41, 5.74) is 3.71. The number of ether oxygens (including phenoxy) is 1. The molecule has 0 fully saturated rings. The van der Waals surface area contributed by atoms with E-state index in [-0.39, 0.29) is 0 Å². The van der Waals surface area contributed by atoms with Crippen LogP contribution in [0.5, 0.6) is 5.75 Å². The maximum absolute atomic E-state index is 5.33. The van der Waals surface area contributed by atoms with Crippen molar-refractivity contribution in [2.24, 2.45) is 0 Å². The first-order valence-electron chi connectivity index (χ1n) is 6.21. The fourth-order valence-corrected chi connectivity index (χ4v) is 2.43. The second-order valence-electron chi connectivity index (χ2n) is 4.72. The minimum absolute atomic E-state index is 0.311. The smallest absolute Gasteiger partial charge is 0.284 e. The van der Waals surface area contributed by atoms with Gasteiger partial charge in [0.15, 0.2) is 0 Å². The van der Waals surface area contributed by atoms with Crippen molar-refractivity contribution in [1.29, 1.82) is 0 Å². The number of nitrogens with one attached hydrogen (secondary N) is 1. The molecule has 0 aliphatic carbocycles. The maximum Gasteiger partial charge on any atom is 0.284 e. The highest BCUT2D eigenvalue weighted by atomic mass is 32.1. The van der Waals surface area contributed by atoms with Crippen molar-refractivity contribution in [2.75, 3.05) is 7.11 Å². The summed E-state index contributed by atoms with van der Waals surface area (Å²) in [4.78, 5) is 0.324. The molecule has 19 heavy (non-hydrogen) atoms. The first-order valence-corrected chi connectivity index (χ1v) is 6.62. The Labute approximate surface area is 117 Å². The summed E-state index contributed by atoms with van der Waals surface area (Å²) in [6.07, 6.45) is 0.722. The Kier molecular flexibility index (Phi) is 4.04. The number of H-pyrrole nitrogens is 1. The summed E-state index contributed by atoms with van der Waals surface area (Å²) in [6, 6.07) is 4.11. The molecular formula is C14H18N2O2S. The summed E-state index contributed by atoms with van der Waals surface area (Å²) in [5, 5.41) is 6.69. The molecule has 0 radical (unpaired) electrons. The van der Waals surface area contributed by atoms with E-state index in [4.69, 9.17) is 21.4 Å². The maximum atomic E-state index is 5.33. The van der Waals surface area contributed by atoms with Gasteiger partial charge in [0.2, 0.25) is 5.89 Å². The van der Waals surface area contributed by atoms with E-state index in [2.05, 4.69) is 37.0 Å². The average Bonchev–Trinajstić information content (AvgIpc) is 2.78. The van der Waals surface area contributed by atoms with E-state index in [1.807, 2.05) is 6.07 Å². The molecule has 0 aliphatic rings. The van der Waals surface area contributed by atoms with E-state index in [0.29, 0.717) is 16.6 Å². The molecule has 1 N–H and O–H groups in total. The second kappa shape index (κ2) is 5.57. The van der Waals surface area contributed by atoms with Gasteiger partial charge < -0.3 is 9.15 Å². The van der Waals surface area contributed by atoms with Gasteiger partial charge in [-0.1, -0.05) is 13.0 Å². The third kappa shape index (κ3) is 2.87. The van der Waals surface area contributed by atoms with Crippen LogP contribution >= 0.6 is 12.2 Å². The number of aromatic nitrogens is 2.